The highest BCUT2D eigenvalue weighted by atomic mass is 35.5. The molecule has 0 saturated heterocycles. The van der Waals surface area contributed by atoms with Crippen LogP contribution in [0.5, 0.6) is 0 Å². The van der Waals surface area contributed by atoms with E-state index < -0.39 is 0 Å². The number of nitrogens with two attached hydrogens (primary N) is 1. The Labute approximate surface area is 120 Å². The third kappa shape index (κ3) is 3.12. The van der Waals surface area contributed by atoms with Gasteiger partial charge in [0.2, 0.25) is 0 Å². The third-order valence-corrected chi connectivity index (χ3v) is 4.89. The molecule has 2 rings (SSSR count). The minimum atomic E-state index is 0.574. The van der Waals surface area contributed by atoms with Crippen molar-refractivity contribution in [1.29, 1.82) is 0 Å². The van der Waals surface area contributed by atoms with Crippen LogP contribution in [0.4, 0.5) is 0 Å². The highest BCUT2D eigenvalue weighted by Crippen LogP contribution is 2.29. The van der Waals surface area contributed by atoms with Gasteiger partial charge < -0.3 is 5.73 Å². The number of aryl methyl sites for hydroxylation is 2. The highest BCUT2D eigenvalue weighted by Gasteiger charge is 2.28. The zero-order valence-electron chi connectivity index (χ0n) is 12.2. The molecule has 1 saturated carbocycles. The summed E-state index contributed by atoms with van der Waals surface area (Å²) in [6.07, 6.45) is 5.12. The van der Waals surface area contributed by atoms with Crippen LogP contribution in [0, 0.1) is 12.8 Å². The largest absolute Gasteiger partial charge is 0.330 e. The molecule has 4 nitrogen and oxygen atoms in total. The zero-order chi connectivity index (χ0) is 14.0. The minimum absolute atomic E-state index is 0.574. The molecule has 108 valence electrons. The summed E-state index contributed by atoms with van der Waals surface area (Å²) in [6, 6.07) is 0.574. The summed E-state index contributed by atoms with van der Waals surface area (Å²) in [5, 5.41) is 5.18. The van der Waals surface area contributed by atoms with Crippen molar-refractivity contribution in [3.8, 4) is 0 Å². The predicted octanol–water partition coefficient (Wildman–Crippen LogP) is 2.33. The molecule has 1 aliphatic carbocycles. The Bertz CT molecular complexity index is 429. The maximum atomic E-state index is 6.33. The van der Waals surface area contributed by atoms with Crippen LogP contribution in [-0.4, -0.2) is 34.3 Å². The van der Waals surface area contributed by atoms with E-state index in [0.717, 1.165) is 29.5 Å². The van der Waals surface area contributed by atoms with Gasteiger partial charge in [-0.2, -0.15) is 5.10 Å². The summed E-state index contributed by atoms with van der Waals surface area (Å²) in [4.78, 5) is 2.40. The Kier molecular flexibility index (Phi) is 4.87. The molecule has 2 N–H and O–H groups in total. The summed E-state index contributed by atoms with van der Waals surface area (Å²) < 4.78 is 1.90. The van der Waals surface area contributed by atoms with Crippen molar-refractivity contribution in [2.75, 3.05) is 13.6 Å². The summed E-state index contributed by atoms with van der Waals surface area (Å²) in [6.45, 7) is 3.58. The van der Waals surface area contributed by atoms with E-state index in [9.17, 15) is 0 Å². The molecule has 2 atom stereocenters. The van der Waals surface area contributed by atoms with Gasteiger partial charge in [-0.05, 0) is 39.3 Å². The molecule has 1 aliphatic rings. The van der Waals surface area contributed by atoms with Gasteiger partial charge in [0.1, 0.15) is 0 Å². The maximum Gasteiger partial charge on any atom is 0.0860 e. The van der Waals surface area contributed by atoms with E-state index in [0.29, 0.717) is 12.0 Å². The van der Waals surface area contributed by atoms with Crippen molar-refractivity contribution in [2.24, 2.45) is 18.7 Å². The Morgan fingerprint density at radius 1 is 1.42 bits per heavy atom. The minimum Gasteiger partial charge on any atom is -0.330 e. The van der Waals surface area contributed by atoms with Crippen molar-refractivity contribution < 1.29 is 0 Å². The molecule has 19 heavy (non-hydrogen) atoms. The molecule has 0 aromatic carbocycles. The van der Waals surface area contributed by atoms with Crippen molar-refractivity contribution in [1.82, 2.24) is 14.7 Å². The molecule has 0 aliphatic heterocycles. The molecule has 0 amide bonds. The Hall–Kier alpha value is -0.580. The van der Waals surface area contributed by atoms with Crippen LogP contribution in [0.1, 0.15) is 37.1 Å². The number of aromatic nitrogens is 2. The fourth-order valence-corrected chi connectivity index (χ4v) is 3.47. The zero-order valence-corrected chi connectivity index (χ0v) is 13.0. The molecule has 0 spiro atoms. The van der Waals surface area contributed by atoms with Gasteiger partial charge in [0.05, 0.1) is 16.4 Å². The third-order valence-electron chi connectivity index (χ3n) is 4.40. The first kappa shape index (κ1) is 14.8. The molecular weight excluding hydrogens is 260 g/mol. The normalized spacial score (nSPS) is 24.1. The summed E-state index contributed by atoms with van der Waals surface area (Å²) in [5.41, 5.74) is 7.93. The van der Waals surface area contributed by atoms with Crippen LogP contribution in [0.25, 0.3) is 0 Å². The van der Waals surface area contributed by atoms with E-state index in [1.54, 1.807) is 0 Å². The predicted molar refractivity (Wildman–Crippen MR) is 79.2 cm³/mol. The number of nitrogens with zero attached hydrogens (tertiary/aromatic N) is 3. The lowest BCUT2D eigenvalue weighted by molar-refractivity contribution is 0.125. The lowest BCUT2D eigenvalue weighted by Gasteiger charge is -2.37. The van der Waals surface area contributed by atoms with E-state index in [1.807, 2.05) is 18.7 Å². The molecule has 0 radical (unpaired) electrons. The number of hydrogen-bond acceptors (Lipinski definition) is 3. The number of rotatable bonds is 4. The molecule has 5 heteroatoms. The van der Waals surface area contributed by atoms with E-state index in [2.05, 4.69) is 17.0 Å². The maximum absolute atomic E-state index is 6.33. The lowest BCUT2D eigenvalue weighted by atomic mass is 9.83. The van der Waals surface area contributed by atoms with Crippen LogP contribution in [0.15, 0.2) is 0 Å². The first-order valence-corrected chi connectivity index (χ1v) is 7.50. The topological polar surface area (TPSA) is 47.1 Å². The van der Waals surface area contributed by atoms with Crippen LogP contribution in [0.2, 0.25) is 5.02 Å². The average Bonchev–Trinajstić information content (AvgIpc) is 2.65. The van der Waals surface area contributed by atoms with Crippen molar-refractivity contribution in [3.05, 3.63) is 16.4 Å². The summed E-state index contributed by atoms with van der Waals surface area (Å²) >= 11 is 6.33. The monoisotopic (exact) mass is 284 g/mol. The summed E-state index contributed by atoms with van der Waals surface area (Å²) in [5.74, 6) is 0.617. The van der Waals surface area contributed by atoms with Gasteiger partial charge in [0.25, 0.3) is 0 Å². The van der Waals surface area contributed by atoms with Crippen LogP contribution >= 0.6 is 11.6 Å². The Balaban J connectivity index is 2.09. The fraction of sp³-hybridized carbons (Fsp3) is 0.786. The standard InChI is InChI=1S/C14H25ClN4/c1-10-14(15)13(19(3)17-10)9-18(2)12-7-5-4-6-11(12)8-16/h11-12H,4-9,16H2,1-3H3. The van der Waals surface area contributed by atoms with Crippen molar-refractivity contribution >= 4 is 11.6 Å². The van der Waals surface area contributed by atoms with Crippen molar-refractivity contribution in [2.45, 2.75) is 45.2 Å². The highest BCUT2D eigenvalue weighted by molar-refractivity contribution is 6.31. The lowest BCUT2D eigenvalue weighted by Crippen LogP contribution is -2.43. The Morgan fingerprint density at radius 3 is 2.68 bits per heavy atom. The van der Waals surface area contributed by atoms with Gasteiger partial charge in [-0.15, -0.1) is 0 Å². The first-order chi connectivity index (χ1) is 9.04. The van der Waals surface area contributed by atoms with Gasteiger partial charge in [-0.25, -0.2) is 0 Å². The van der Waals surface area contributed by atoms with Crippen LogP contribution in [-0.2, 0) is 13.6 Å². The SMILES string of the molecule is Cc1nn(C)c(CN(C)C2CCCCC2CN)c1Cl. The average molecular weight is 285 g/mol. The van der Waals surface area contributed by atoms with Crippen molar-refractivity contribution in [3.63, 3.8) is 0 Å². The number of hydrogen-bond donors (Lipinski definition) is 1. The van der Waals surface area contributed by atoms with E-state index >= 15 is 0 Å². The van der Waals surface area contributed by atoms with Gasteiger partial charge in [-0.3, -0.25) is 9.58 Å². The molecular formula is C14H25ClN4. The van der Waals surface area contributed by atoms with Gasteiger partial charge in [-0.1, -0.05) is 24.4 Å². The van der Waals surface area contributed by atoms with E-state index in [-0.39, 0.29) is 0 Å². The molecule has 1 fully saturated rings. The first-order valence-electron chi connectivity index (χ1n) is 7.12. The van der Waals surface area contributed by atoms with Crippen LogP contribution < -0.4 is 5.73 Å². The molecule has 1 aromatic rings. The second kappa shape index (κ2) is 6.25. The second-order valence-corrected chi connectivity index (χ2v) is 6.11. The second-order valence-electron chi connectivity index (χ2n) is 5.73. The quantitative estimate of drug-likeness (QED) is 0.923. The molecule has 0 bridgehead atoms. The molecule has 2 unspecified atom stereocenters. The summed E-state index contributed by atoms with van der Waals surface area (Å²) in [7, 11) is 4.14. The number of halogens is 1. The van der Waals surface area contributed by atoms with Gasteiger partial charge in [0.15, 0.2) is 0 Å². The van der Waals surface area contributed by atoms with Gasteiger partial charge >= 0.3 is 0 Å². The van der Waals surface area contributed by atoms with E-state index in [4.69, 9.17) is 17.3 Å². The Morgan fingerprint density at radius 2 is 2.11 bits per heavy atom. The van der Waals surface area contributed by atoms with Gasteiger partial charge in [0, 0.05) is 19.6 Å². The van der Waals surface area contributed by atoms with Crippen LogP contribution in [0.3, 0.4) is 0 Å². The van der Waals surface area contributed by atoms with E-state index in [1.165, 1.54) is 25.7 Å². The fourth-order valence-electron chi connectivity index (χ4n) is 3.25. The smallest absolute Gasteiger partial charge is 0.0860 e. The molecule has 1 aromatic heterocycles. The molecule has 1 heterocycles.